The van der Waals surface area contributed by atoms with Crippen molar-refractivity contribution in [2.24, 2.45) is 5.73 Å². The number of nitrogens with two attached hydrogens (primary N) is 1. The molecule has 0 spiro atoms. The average Bonchev–Trinajstić information content (AvgIpc) is 2.02. The fraction of sp³-hybridized carbons (Fsp3) is 0.667. The van der Waals surface area contributed by atoms with E-state index in [4.69, 9.17) is 26.9 Å². The molecule has 0 saturated carbocycles. The largest absolute Gasteiger partial charge is 0.404 e. The lowest BCUT2D eigenvalue weighted by Crippen LogP contribution is -2.45. The van der Waals surface area contributed by atoms with E-state index in [0.29, 0.717) is 4.91 Å². The van der Waals surface area contributed by atoms with Gasteiger partial charge in [0.2, 0.25) is 0 Å². The van der Waals surface area contributed by atoms with Gasteiger partial charge in [-0.2, -0.15) is 0 Å². The molecule has 0 radical (unpaired) electrons. The number of allylic oxidation sites excluding steroid dienone is 1. The van der Waals surface area contributed by atoms with Crippen molar-refractivity contribution in [3.63, 3.8) is 0 Å². The number of nitrogens with one attached hydrogen (secondary N) is 1. The van der Waals surface area contributed by atoms with Crippen molar-refractivity contribution in [1.82, 2.24) is 0 Å². The van der Waals surface area contributed by atoms with Crippen LogP contribution in [0.5, 0.6) is 0 Å². The Morgan fingerprint density at radius 3 is 2.20 bits per heavy atom. The molecule has 6 heteroatoms. The van der Waals surface area contributed by atoms with Crippen LogP contribution in [0.1, 0.15) is 27.7 Å². The Bertz CT molecular complexity index is 272. The van der Waals surface area contributed by atoms with Gasteiger partial charge in [-0.05, 0) is 27.7 Å². The van der Waals surface area contributed by atoms with Crippen LogP contribution in [-0.4, -0.2) is 21.5 Å². The Labute approximate surface area is 99.5 Å². The number of aliphatic hydroxyl groups is 1. The highest BCUT2D eigenvalue weighted by Crippen LogP contribution is 2.32. The molecule has 0 aromatic carbocycles. The van der Waals surface area contributed by atoms with Crippen LogP contribution < -0.4 is 5.73 Å². The maximum Gasteiger partial charge on any atom is 0.138 e. The monoisotopic (exact) mass is 252 g/mol. The highest BCUT2D eigenvalue weighted by Gasteiger charge is 2.37. The van der Waals surface area contributed by atoms with Gasteiger partial charge in [0.05, 0.1) is 10.5 Å². The Hall–Kier alpha value is -0.230. The third kappa shape index (κ3) is 4.42. The molecule has 0 bridgehead atoms. The van der Waals surface area contributed by atoms with Gasteiger partial charge in [0.15, 0.2) is 0 Å². The van der Waals surface area contributed by atoms with E-state index in [-0.39, 0.29) is 5.17 Å². The van der Waals surface area contributed by atoms with E-state index >= 15 is 0 Å². The normalized spacial score (nSPS) is 14.1. The van der Waals surface area contributed by atoms with Crippen molar-refractivity contribution in [3.8, 4) is 0 Å². The molecule has 88 valence electrons. The quantitative estimate of drug-likeness (QED) is 0.518. The summed E-state index contributed by atoms with van der Waals surface area (Å²) in [5, 5.41) is 16.8. The van der Waals surface area contributed by atoms with Crippen LogP contribution in [-0.2, 0) is 4.18 Å². The topological polar surface area (TPSA) is 79.3 Å². The third-order valence-corrected chi connectivity index (χ3v) is 3.52. The van der Waals surface area contributed by atoms with Gasteiger partial charge in [0.25, 0.3) is 0 Å². The molecule has 15 heavy (non-hydrogen) atoms. The summed E-state index contributed by atoms with van der Waals surface area (Å²) in [6.07, 6.45) is 1.19. The summed E-state index contributed by atoms with van der Waals surface area (Å²) in [6, 6.07) is 0. The maximum atomic E-state index is 9.79. The second kappa shape index (κ2) is 5.21. The van der Waals surface area contributed by atoms with Crippen molar-refractivity contribution >= 4 is 28.8 Å². The van der Waals surface area contributed by atoms with E-state index < -0.39 is 11.2 Å². The average molecular weight is 253 g/mol. The Balaban J connectivity index is 4.46. The number of rotatable bonds is 5. The van der Waals surface area contributed by atoms with Crippen LogP contribution in [0.4, 0.5) is 0 Å². The minimum absolute atomic E-state index is 0.186. The van der Waals surface area contributed by atoms with E-state index in [1.807, 2.05) is 0 Å². The molecule has 0 heterocycles. The number of halogens is 1. The van der Waals surface area contributed by atoms with Crippen molar-refractivity contribution in [3.05, 3.63) is 11.1 Å². The summed E-state index contributed by atoms with van der Waals surface area (Å²) in [5.41, 5.74) is 3.48. The Morgan fingerprint density at radius 2 is 1.93 bits per heavy atom. The summed E-state index contributed by atoms with van der Waals surface area (Å²) >= 11 is 6.34. The molecule has 0 unspecified atom stereocenters. The molecule has 0 saturated heterocycles. The van der Waals surface area contributed by atoms with Crippen molar-refractivity contribution in [2.75, 3.05) is 0 Å². The van der Waals surface area contributed by atoms with Gasteiger partial charge in [-0.1, -0.05) is 11.6 Å². The number of hydrogen-bond acceptors (Lipinski definition) is 5. The molecular formula is C9H17ClN2O2S. The Morgan fingerprint density at radius 1 is 1.47 bits per heavy atom. The van der Waals surface area contributed by atoms with Crippen molar-refractivity contribution in [2.45, 2.75) is 38.9 Å². The minimum Gasteiger partial charge on any atom is -0.404 e. The molecule has 4 nitrogen and oxygen atoms in total. The van der Waals surface area contributed by atoms with E-state index in [1.165, 1.54) is 6.20 Å². The van der Waals surface area contributed by atoms with Crippen LogP contribution in [0, 0.1) is 5.41 Å². The van der Waals surface area contributed by atoms with Gasteiger partial charge in [-0.25, -0.2) is 0 Å². The summed E-state index contributed by atoms with van der Waals surface area (Å²) in [7, 11) is 0. The Kier molecular flexibility index (Phi) is 5.13. The first-order valence-electron chi connectivity index (χ1n) is 4.36. The van der Waals surface area contributed by atoms with Crippen LogP contribution >= 0.6 is 23.6 Å². The highest BCUT2D eigenvalue weighted by atomic mass is 35.5. The van der Waals surface area contributed by atoms with Crippen molar-refractivity contribution < 1.29 is 9.29 Å². The summed E-state index contributed by atoms with van der Waals surface area (Å²) in [5.74, 6) is 0. The van der Waals surface area contributed by atoms with E-state index in [9.17, 15) is 5.11 Å². The molecule has 0 aliphatic rings. The van der Waals surface area contributed by atoms with Gasteiger partial charge < -0.3 is 15.0 Å². The van der Waals surface area contributed by atoms with Gasteiger partial charge in [-0.15, -0.1) is 0 Å². The zero-order chi connectivity index (χ0) is 12.3. The molecule has 4 N–H and O–H groups in total. The van der Waals surface area contributed by atoms with Gasteiger partial charge >= 0.3 is 0 Å². The maximum absolute atomic E-state index is 9.79. The lowest BCUT2D eigenvalue weighted by atomic mass is 9.90. The van der Waals surface area contributed by atoms with Gasteiger partial charge in [0.1, 0.15) is 10.8 Å². The fourth-order valence-electron chi connectivity index (χ4n) is 0.389. The molecule has 0 amide bonds. The number of hydrogen-bond donors (Lipinski definition) is 3. The van der Waals surface area contributed by atoms with Crippen LogP contribution in [0.15, 0.2) is 11.1 Å². The molecule has 0 aromatic heterocycles. The van der Waals surface area contributed by atoms with Crippen LogP contribution in [0.3, 0.4) is 0 Å². The minimum atomic E-state index is -1.01. The third-order valence-electron chi connectivity index (χ3n) is 2.18. The predicted octanol–water partition coefficient (Wildman–Crippen LogP) is 2.22. The zero-order valence-corrected chi connectivity index (χ0v) is 10.9. The molecule has 0 fully saturated rings. The zero-order valence-electron chi connectivity index (χ0n) is 9.30. The van der Waals surface area contributed by atoms with E-state index in [0.717, 1.165) is 12.0 Å². The summed E-state index contributed by atoms with van der Waals surface area (Å²) in [4.78, 5) is 0.314. The smallest absolute Gasteiger partial charge is 0.138 e. The lowest BCUT2D eigenvalue weighted by molar-refractivity contribution is -0.0809. The van der Waals surface area contributed by atoms with E-state index in [1.54, 1.807) is 27.7 Å². The first-order valence-corrected chi connectivity index (χ1v) is 5.48. The second-order valence-corrected chi connectivity index (χ2v) is 5.23. The molecule has 0 atom stereocenters. The van der Waals surface area contributed by atoms with Gasteiger partial charge in [-0.3, -0.25) is 5.41 Å². The van der Waals surface area contributed by atoms with E-state index in [2.05, 4.69) is 0 Å². The summed E-state index contributed by atoms with van der Waals surface area (Å²) < 4.78 is 5.40. The first-order chi connectivity index (χ1) is 6.62. The second-order valence-electron chi connectivity index (χ2n) is 4.08. The fourth-order valence-corrected chi connectivity index (χ4v) is 1.18. The molecule has 0 aromatic rings. The lowest BCUT2D eigenvalue weighted by Gasteiger charge is -2.35. The highest BCUT2D eigenvalue weighted by molar-refractivity contribution is 7.99. The molecule has 0 rings (SSSR count). The van der Waals surface area contributed by atoms with Crippen molar-refractivity contribution in [1.29, 1.82) is 5.41 Å². The standard InChI is InChI=1S/C9H17ClN2O2S/c1-8(2,13)9(3,4)14-15-6(5-11)7(10)12/h5,12-13H,11H2,1-4H3/b6-5+,12-7?. The SMILES string of the molecule is CC(C)(O)C(C)(C)OS/C(=C/N)C(=N)Cl. The molecule has 0 aliphatic carbocycles. The predicted molar refractivity (Wildman–Crippen MR) is 64.9 cm³/mol. The first kappa shape index (κ1) is 14.8. The summed E-state index contributed by atoms with van der Waals surface area (Å²) in [6.45, 7) is 6.77. The van der Waals surface area contributed by atoms with Crippen LogP contribution in [0.2, 0.25) is 0 Å². The van der Waals surface area contributed by atoms with Crippen LogP contribution in [0.25, 0.3) is 0 Å². The molecular weight excluding hydrogens is 236 g/mol. The van der Waals surface area contributed by atoms with Gasteiger partial charge in [0, 0.05) is 18.2 Å². The molecule has 0 aliphatic heterocycles.